The summed E-state index contributed by atoms with van der Waals surface area (Å²) >= 11 is 6.05. The highest BCUT2D eigenvalue weighted by molar-refractivity contribution is 6.30. The minimum Gasteiger partial charge on any atom is -0.310 e. The molecule has 0 radical (unpaired) electrons. The lowest BCUT2D eigenvalue weighted by molar-refractivity contribution is 0.482. The van der Waals surface area contributed by atoms with Gasteiger partial charge in [0.1, 0.15) is 0 Å². The van der Waals surface area contributed by atoms with Crippen LogP contribution in [0.25, 0.3) is 0 Å². The maximum atomic E-state index is 6.05. The molecule has 0 aliphatic heterocycles. The molecule has 0 saturated carbocycles. The molecule has 0 heterocycles. The van der Waals surface area contributed by atoms with Crippen molar-refractivity contribution in [1.82, 2.24) is 5.32 Å². The second-order valence-corrected chi connectivity index (χ2v) is 4.95. The molecular formula is C15H24ClN. The summed E-state index contributed by atoms with van der Waals surface area (Å²) in [4.78, 5) is 0. The van der Waals surface area contributed by atoms with E-state index in [0.29, 0.717) is 6.04 Å². The van der Waals surface area contributed by atoms with Crippen molar-refractivity contribution >= 4 is 11.6 Å². The predicted octanol–water partition coefficient (Wildman–Crippen LogP) is 4.96. The van der Waals surface area contributed by atoms with Gasteiger partial charge in [0.15, 0.2) is 0 Å². The summed E-state index contributed by atoms with van der Waals surface area (Å²) in [5.41, 5.74) is 1.32. The van der Waals surface area contributed by atoms with Crippen molar-refractivity contribution in [2.75, 3.05) is 6.54 Å². The van der Waals surface area contributed by atoms with Crippen molar-refractivity contribution in [3.8, 4) is 0 Å². The van der Waals surface area contributed by atoms with Gasteiger partial charge in [0.05, 0.1) is 0 Å². The van der Waals surface area contributed by atoms with Crippen LogP contribution >= 0.6 is 11.6 Å². The van der Waals surface area contributed by atoms with Gasteiger partial charge in [0.25, 0.3) is 0 Å². The molecule has 96 valence electrons. The first kappa shape index (κ1) is 14.5. The summed E-state index contributed by atoms with van der Waals surface area (Å²) in [5, 5.41) is 4.38. The zero-order valence-electron chi connectivity index (χ0n) is 11.0. The van der Waals surface area contributed by atoms with Gasteiger partial charge in [-0.1, -0.05) is 63.3 Å². The summed E-state index contributed by atoms with van der Waals surface area (Å²) in [5.74, 6) is 0. The Balaban J connectivity index is 2.52. The van der Waals surface area contributed by atoms with E-state index >= 15 is 0 Å². The molecule has 0 spiro atoms. The van der Waals surface area contributed by atoms with E-state index in [0.717, 1.165) is 11.6 Å². The highest BCUT2D eigenvalue weighted by Crippen LogP contribution is 2.22. The molecule has 1 aromatic rings. The van der Waals surface area contributed by atoms with Crippen LogP contribution in [0.1, 0.15) is 57.6 Å². The smallest absolute Gasteiger partial charge is 0.0409 e. The van der Waals surface area contributed by atoms with Crippen LogP contribution in [0, 0.1) is 0 Å². The number of hydrogen-bond donors (Lipinski definition) is 1. The number of rotatable bonds is 8. The van der Waals surface area contributed by atoms with E-state index in [1.54, 1.807) is 0 Å². The Morgan fingerprint density at radius 1 is 1.18 bits per heavy atom. The van der Waals surface area contributed by atoms with E-state index < -0.39 is 0 Å². The van der Waals surface area contributed by atoms with Crippen LogP contribution in [0.4, 0.5) is 0 Å². The van der Waals surface area contributed by atoms with Gasteiger partial charge in [0, 0.05) is 11.1 Å². The minimum absolute atomic E-state index is 0.454. The second kappa shape index (κ2) is 8.54. The van der Waals surface area contributed by atoms with Crippen LogP contribution in [0.15, 0.2) is 24.3 Å². The summed E-state index contributed by atoms with van der Waals surface area (Å²) in [6.45, 7) is 5.41. The molecule has 1 N–H and O–H groups in total. The van der Waals surface area contributed by atoms with Crippen molar-refractivity contribution in [1.29, 1.82) is 0 Å². The first-order chi connectivity index (χ1) is 8.27. The fraction of sp³-hybridized carbons (Fsp3) is 0.600. The molecule has 0 aliphatic rings. The molecule has 1 aromatic carbocycles. The molecule has 0 amide bonds. The number of benzene rings is 1. The monoisotopic (exact) mass is 253 g/mol. The van der Waals surface area contributed by atoms with Crippen LogP contribution in [0.3, 0.4) is 0 Å². The highest BCUT2D eigenvalue weighted by Gasteiger charge is 2.09. The summed E-state index contributed by atoms with van der Waals surface area (Å²) in [7, 11) is 0. The van der Waals surface area contributed by atoms with Gasteiger partial charge in [-0.15, -0.1) is 0 Å². The van der Waals surface area contributed by atoms with Crippen molar-refractivity contribution in [2.24, 2.45) is 0 Å². The maximum absolute atomic E-state index is 6.05. The Hall–Kier alpha value is -0.530. The van der Waals surface area contributed by atoms with E-state index in [1.807, 2.05) is 12.1 Å². The number of unbranched alkanes of at least 4 members (excludes halogenated alkanes) is 3. The Bertz CT molecular complexity index is 312. The molecule has 17 heavy (non-hydrogen) atoms. The largest absolute Gasteiger partial charge is 0.310 e. The Morgan fingerprint density at radius 3 is 2.65 bits per heavy atom. The molecule has 1 rings (SSSR count). The van der Waals surface area contributed by atoms with Crippen LogP contribution in [-0.4, -0.2) is 6.54 Å². The maximum Gasteiger partial charge on any atom is 0.0409 e. The highest BCUT2D eigenvalue weighted by atomic mass is 35.5. The first-order valence-electron chi connectivity index (χ1n) is 6.76. The predicted molar refractivity (Wildman–Crippen MR) is 76.6 cm³/mol. The van der Waals surface area contributed by atoms with Crippen molar-refractivity contribution in [3.05, 3.63) is 34.9 Å². The molecule has 2 heteroatoms. The first-order valence-corrected chi connectivity index (χ1v) is 7.14. The number of hydrogen-bond acceptors (Lipinski definition) is 1. The third-order valence-electron chi connectivity index (χ3n) is 3.05. The Kier molecular flexibility index (Phi) is 7.30. The van der Waals surface area contributed by atoms with E-state index in [-0.39, 0.29) is 0 Å². The molecule has 0 aromatic heterocycles. The molecule has 0 saturated heterocycles. The zero-order valence-corrected chi connectivity index (χ0v) is 11.8. The Morgan fingerprint density at radius 2 is 2.00 bits per heavy atom. The average Bonchev–Trinajstić information content (AvgIpc) is 2.33. The molecule has 1 nitrogen and oxygen atoms in total. The molecule has 0 fully saturated rings. The fourth-order valence-electron chi connectivity index (χ4n) is 2.13. The van der Waals surface area contributed by atoms with Crippen LogP contribution in [0.5, 0.6) is 0 Å². The SMILES string of the molecule is CCCCCCC(NCC)c1cccc(Cl)c1. The summed E-state index contributed by atoms with van der Waals surface area (Å²) < 4.78 is 0. The quantitative estimate of drug-likeness (QED) is 0.646. The van der Waals surface area contributed by atoms with Gasteiger partial charge in [-0.05, 0) is 30.7 Å². The van der Waals surface area contributed by atoms with Crippen LogP contribution < -0.4 is 5.32 Å². The lowest BCUT2D eigenvalue weighted by Crippen LogP contribution is -2.20. The number of halogens is 1. The standard InChI is InChI=1S/C15H24ClN/c1-3-5-6-7-11-15(17-4-2)13-9-8-10-14(16)12-13/h8-10,12,15,17H,3-7,11H2,1-2H3. The van der Waals surface area contributed by atoms with Crippen LogP contribution in [0.2, 0.25) is 5.02 Å². The Labute approximate surface area is 111 Å². The van der Waals surface area contributed by atoms with E-state index in [9.17, 15) is 0 Å². The van der Waals surface area contributed by atoms with Gasteiger partial charge in [-0.3, -0.25) is 0 Å². The lowest BCUT2D eigenvalue weighted by Gasteiger charge is -2.18. The zero-order chi connectivity index (χ0) is 12.5. The van der Waals surface area contributed by atoms with Gasteiger partial charge in [-0.25, -0.2) is 0 Å². The lowest BCUT2D eigenvalue weighted by atomic mass is 10.00. The topological polar surface area (TPSA) is 12.0 Å². The van der Waals surface area contributed by atoms with Crippen LogP contribution in [-0.2, 0) is 0 Å². The normalized spacial score (nSPS) is 12.6. The third kappa shape index (κ3) is 5.56. The summed E-state index contributed by atoms with van der Waals surface area (Å²) in [6, 6.07) is 8.67. The molecule has 0 bridgehead atoms. The third-order valence-corrected chi connectivity index (χ3v) is 3.28. The van der Waals surface area contributed by atoms with Gasteiger partial charge in [0.2, 0.25) is 0 Å². The van der Waals surface area contributed by atoms with Crippen molar-refractivity contribution < 1.29 is 0 Å². The van der Waals surface area contributed by atoms with Gasteiger partial charge >= 0.3 is 0 Å². The number of nitrogens with one attached hydrogen (secondary N) is 1. The molecule has 0 aliphatic carbocycles. The van der Waals surface area contributed by atoms with Gasteiger partial charge in [-0.2, -0.15) is 0 Å². The molecular weight excluding hydrogens is 230 g/mol. The fourth-order valence-corrected chi connectivity index (χ4v) is 2.33. The second-order valence-electron chi connectivity index (χ2n) is 4.51. The molecule has 1 unspecified atom stereocenters. The average molecular weight is 254 g/mol. The molecule has 1 atom stereocenters. The van der Waals surface area contributed by atoms with Gasteiger partial charge < -0.3 is 5.32 Å². The van der Waals surface area contributed by atoms with Crippen molar-refractivity contribution in [2.45, 2.75) is 52.0 Å². The summed E-state index contributed by atoms with van der Waals surface area (Å²) in [6.07, 6.45) is 6.46. The van der Waals surface area contributed by atoms with Crippen molar-refractivity contribution in [3.63, 3.8) is 0 Å². The minimum atomic E-state index is 0.454. The van der Waals surface area contributed by atoms with E-state index in [4.69, 9.17) is 11.6 Å². The van der Waals surface area contributed by atoms with E-state index in [2.05, 4.69) is 31.3 Å². The van der Waals surface area contributed by atoms with E-state index in [1.165, 1.54) is 37.7 Å².